The van der Waals surface area contributed by atoms with Gasteiger partial charge in [0.2, 0.25) is 0 Å². The zero-order valence-electron chi connectivity index (χ0n) is 18.8. The first-order chi connectivity index (χ1) is 15.5. The topological polar surface area (TPSA) is 67.2 Å². The molecule has 0 aliphatic carbocycles. The summed E-state index contributed by atoms with van der Waals surface area (Å²) in [5, 5.41) is 7.57. The van der Waals surface area contributed by atoms with Gasteiger partial charge in [0.05, 0.1) is 17.8 Å². The summed E-state index contributed by atoms with van der Waals surface area (Å²) in [4.78, 5) is 27.4. The Labute approximate surface area is 189 Å². The van der Waals surface area contributed by atoms with Gasteiger partial charge < -0.3 is 10.2 Å². The van der Waals surface area contributed by atoms with Gasteiger partial charge in [-0.15, -0.1) is 0 Å². The SMILES string of the molecule is Cc1nn(Cc2ccccc2)c(C)c1C(=O)NCc1ccc(C(=O)N2CCCCC2)cc1. The fourth-order valence-corrected chi connectivity index (χ4v) is 4.25. The first-order valence-corrected chi connectivity index (χ1v) is 11.3. The summed E-state index contributed by atoms with van der Waals surface area (Å²) in [5.41, 5.74) is 5.00. The molecule has 3 aromatic rings. The number of rotatable bonds is 6. The lowest BCUT2D eigenvalue weighted by atomic mass is 10.1. The van der Waals surface area contributed by atoms with Gasteiger partial charge in [0.1, 0.15) is 0 Å². The second-order valence-corrected chi connectivity index (χ2v) is 8.42. The fourth-order valence-electron chi connectivity index (χ4n) is 4.25. The number of benzene rings is 2. The smallest absolute Gasteiger partial charge is 0.255 e. The molecule has 1 saturated heterocycles. The number of aromatic nitrogens is 2. The highest BCUT2D eigenvalue weighted by molar-refractivity contribution is 5.96. The van der Waals surface area contributed by atoms with Crippen molar-refractivity contribution in [3.63, 3.8) is 0 Å². The van der Waals surface area contributed by atoms with Crippen molar-refractivity contribution in [1.29, 1.82) is 0 Å². The van der Waals surface area contributed by atoms with Gasteiger partial charge >= 0.3 is 0 Å². The molecule has 1 aromatic heterocycles. The van der Waals surface area contributed by atoms with Crippen LogP contribution in [0.2, 0.25) is 0 Å². The maximum absolute atomic E-state index is 12.9. The molecule has 1 fully saturated rings. The summed E-state index contributed by atoms with van der Waals surface area (Å²) >= 11 is 0. The minimum Gasteiger partial charge on any atom is -0.348 e. The third-order valence-corrected chi connectivity index (χ3v) is 6.08. The summed E-state index contributed by atoms with van der Waals surface area (Å²) in [5.74, 6) is -0.0369. The van der Waals surface area contributed by atoms with E-state index in [0.29, 0.717) is 24.2 Å². The van der Waals surface area contributed by atoms with Crippen LogP contribution in [0, 0.1) is 13.8 Å². The highest BCUT2D eigenvalue weighted by Crippen LogP contribution is 2.16. The molecule has 4 rings (SSSR count). The summed E-state index contributed by atoms with van der Waals surface area (Å²) in [6.45, 7) is 6.51. The molecular weight excluding hydrogens is 400 g/mol. The standard InChI is InChI=1S/C26H30N4O2/c1-19-24(20(2)30(28-19)18-22-9-5-3-6-10-22)25(31)27-17-21-11-13-23(14-12-21)26(32)29-15-7-4-8-16-29/h3,5-6,9-14H,4,7-8,15-18H2,1-2H3,(H,27,31). The maximum atomic E-state index is 12.9. The van der Waals surface area contributed by atoms with E-state index in [4.69, 9.17) is 0 Å². The second kappa shape index (κ2) is 9.81. The lowest BCUT2D eigenvalue weighted by Crippen LogP contribution is -2.35. The first kappa shape index (κ1) is 21.8. The van der Waals surface area contributed by atoms with Crippen molar-refractivity contribution in [3.8, 4) is 0 Å². The van der Waals surface area contributed by atoms with Crippen molar-refractivity contribution >= 4 is 11.8 Å². The molecule has 32 heavy (non-hydrogen) atoms. The van der Waals surface area contributed by atoms with E-state index in [9.17, 15) is 9.59 Å². The molecule has 0 unspecified atom stereocenters. The van der Waals surface area contributed by atoms with E-state index in [1.165, 1.54) is 6.42 Å². The lowest BCUT2D eigenvalue weighted by molar-refractivity contribution is 0.0724. The molecule has 166 valence electrons. The third-order valence-electron chi connectivity index (χ3n) is 6.08. The molecule has 0 spiro atoms. The summed E-state index contributed by atoms with van der Waals surface area (Å²) < 4.78 is 1.88. The Morgan fingerprint density at radius 1 is 0.906 bits per heavy atom. The Hall–Kier alpha value is -3.41. The van der Waals surface area contributed by atoms with E-state index in [-0.39, 0.29) is 11.8 Å². The maximum Gasteiger partial charge on any atom is 0.255 e. The third kappa shape index (κ3) is 4.90. The van der Waals surface area contributed by atoms with Crippen molar-refractivity contribution in [2.75, 3.05) is 13.1 Å². The van der Waals surface area contributed by atoms with Gasteiger partial charge in [0.15, 0.2) is 0 Å². The zero-order chi connectivity index (χ0) is 22.5. The minimum absolute atomic E-state index is 0.0948. The largest absolute Gasteiger partial charge is 0.348 e. The Morgan fingerprint density at radius 2 is 1.59 bits per heavy atom. The number of piperidine rings is 1. The van der Waals surface area contributed by atoms with Crippen molar-refractivity contribution in [1.82, 2.24) is 20.0 Å². The van der Waals surface area contributed by atoms with Gasteiger partial charge in [-0.3, -0.25) is 14.3 Å². The predicted molar refractivity (Wildman–Crippen MR) is 125 cm³/mol. The van der Waals surface area contributed by atoms with Crippen molar-refractivity contribution < 1.29 is 9.59 Å². The number of likely N-dealkylation sites (tertiary alicyclic amines) is 1. The number of aryl methyl sites for hydroxylation is 1. The lowest BCUT2D eigenvalue weighted by Gasteiger charge is -2.26. The van der Waals surface area contributed by atoms with Gasteiger partial charge in [-0.25, -0.2) is 0 Å². The normalized spacial score (nSPS) is 13.8. The van der Waals surface area contributed by atoms with Gasteiger partial charge in [-0.1, -0.05) is 42.5 Å². The Bertz CT molecular complexity index is 1080. The van der Waals surface area contributed by atoms with Crippen LogP contribution < -0.4 is 5.32 Å². The second-order valence-electron chi connectivity index (χ2n) is 8.42. The number of hydrogen-bond donors (Lipinski definition) is 1. The summed E-state index contributed by atoms with van der Waals surface area (Å²) in [7, 11) is 0. The fraction of sp³-hybridized carbons (Fsp3) is 0.346. The van der Waals surface area contributed by atoms with Crippen LogP contribution >= 0.6 is 0 Å². The Kier molecular flexibility index (Phi) is 6.69. The number of hydrogen-bond acceptors (Lipinski definition) is 3. The molecule has 0 bridgehead atoms. The van der Waals surface area contributed by atoms with Crippen LogP contribution in [-0.4, -0.2) is 39.6 Å². The number of amides is 2. The van der Waals surface area contributed by atoms with E-state index >= 15 is 0 Å². The van der Waals surface area contributed by atoms with E-state index in [1.807, 2.05) is 65.9 Å². The molecule has 1 aliphatic heterocycles. The number of carbonyl (C=O) groups is 2. The van der Waals surface area contributed by atoms with Crippen LogP contribution in [-0.2, 0) is 13.1 Å². The van der Waals surface area contributed by atoms with Crippen molar-refractivity contribution in [2.45, 2.75) is 46.2 Å². The molecular formula is C26H30N4O2. The first-order valence-electron chi connectivity index (χ1n) is 11.3. The van der Waals surface area contributed by atoms with Gasteiger partial charge in [0, 0.05) is 30.9 Å². The molecule has 0 radical (unpaired) electrons. The highest BCUT2D eigenvalue weighted by atomic mass is 16.2. The molecule has 2 aromatic carbocycles. The van der Waals surface area contributed by atoms with Crippen LogP contribution in [0.25, 0.3) is 0 Å². The van der Waals surface area contributed by atoms with E-state index < -0.39 is 0 Å². The summed E-state index contributed by atoms with van der Waals surface area (Å²) in [6, 6.07) is 17.6. The minimum atomic E-state index is -0.132. The molecule has 1 aliphatic rings. The van der Waals surface area contributed by atoms with Crippen LogP contribution in [0.15, 0.2) is 54.6 Å². The Morgan fingerprint density at radius 3 is 2.28 bits per heavy atom. The van der Waals surface area contributed by atoms with E-state index in [1.54, 1.807) is 0 Å². The van der Waals surface area contributed by atoms with Crippen LogP contribution in [0.4, 0.5) is 0 Å². The molecule has 6 nitrogen and oxygen atoms in total. The van der Waals surface area contributed by atoms with Gasteiger partial charge in [0.25, 0.3) is 11.8 Å². The van der Waals surface area contributed by atoms with Gasteiger partial charge in [-0.05, 0) is 56.4 Å². The Balaban J connectivity index is 1.38. The van der Waals surface area contributed by atoms with Gasteiger partial charge in [-0.2, -0.15) is 5.10 Å². The van der Waals surface area contributed by atoms with Crippen molar-refractivity contribution in [2.24, 2.45) is 0 Å². The average Bonchev–Trinajstić information content (AvgIpc) is 3.11. The van der Waals surface area contributed by atoms with Crippen LogP contribution in [0.1, 0.15) is 62.5 Å². The van der Waals surface area contributed by atoms with Crippen LogP contribution in [0.5, 0.6) is 0 Å². The molecule has 0 atom stereocenters. The highest BCUT2D eigenvalue weighted by Gasteiger charge is 2.20. The van der Waals surface area contributed by atoms with Crippen molar-refractivity contribution in [3.05, 3.63) is 88.2 Å². The zero-order valence-corrected chi connectivity index (χ0v) is 18.8. The molecule has 2 heterocycles. The number of carbonyl (C=O) groups excluding carboxylic acids is 2. The molecule has 6 heteroatoms. The molecule has 2 amide bonds. The quantitative estimate of drug-likeness (QED) is 0.640. The number of nitrogens with zero attached hydrogens (tertiary/aromatic N) is 3. The predicted octanol–water partition coefficient (Wildman–Crippen LogP) is 4.10. The number of nitrogens with one attached hydrogen (secondary N) is 1. The monoisotopic (exact) mass is 430 g/mol. The summed E-state index contributed by atoms with van der Waals surface area (Å²) in [6.07, 6.45) is 3.36. The van der Waals surface area contributed by atoms with E-state index in [0.717, 1.165) is 48.4 Å². The van der Waals surface area contributed by atoms with E-state index in [2.05, 4.69) is 22.5 Å². The van der Waals surface area contributed by atoms with Crippen LogP contribution in [0.3, 0.4) is 0 Å². The molecule has 1 N–H and O–H groups in total. The molecule has 0 saturated carbocycles. The average molecular weight is 431 g/mol.